The average Bonchev–Trinajstić information content (AvgIpc) is 3.15. The molecule has 1 heterocycles. The van der Waals surface area contributed by atoms with Crippen molar-refractivity contribution in [2.24, 2.45) is 12.8 Å². The third-order valence-corrected chi connectivity index (χ3v) is 5.38. The van der Waals surface area contributed by atoms with Crippen LogP contribution in [0.3, 0.4) is 0 Å². The van der Waals surface area contributed by atoms with Gasteiger partial charge >= 0.3 is 0 Å². The van der Waals surface area contributed by atoms with Crippen LogP contribution >= 0.6 is 11.6 Å². The maximum atomic E-state index is 12.7. The number of nitrogens with two attached hydrogens (primary N) is 1. The minimum Gasteiger partial charge on any atom is -0.348 e. The molecular weight excluding hydrogens is 426 g/mol. The average molecular weight is 454 g/mol. The number of amides is 2. The zero-order valence-corrected chi connectivity index (χ0v) is 19.5. The molecule has 0 bridgehead atoms. The Morgan fingerprint density at radius 1 is 1.03 bits per heavy atom. The van der Waals surface area contributed by atoms with Crippen LogP contribution in [0.5, 0.6) is 0 Å². The summed E-state index contributed by atoms with van der Waals surface area (Å²) in [5, 5.41) is 10.3. The molecule has 0 fully saturated rings. The first-order valence-electron chi connectivity index (χ1n) is 10.3. The van der Waals surface area contributed by atoms with Gasteiger partial charge in [0.05, 0.1) is 16.3 Å². The van der Waals surface area contributed by atoms with Gasteiger partial charge in [-0.05, 0) is 35.4 Å². The Kier molecular flexibility index (Phi) is 7.01. The van der Waals surface area contributed by atoms with Crippen LogP contribution in [0.2, 0.25) is 5.02 Å². The molecule has 4 N–H and O–H groups in total. The number of carbonyl (C=O) groups excluding carboxylic acids is 2. The van der Waals surface area contributed by atoms with Crippen LogP contribution in [0.4, 0.5) is 5.69 Å². The molecule has 2 aromatic carbocycles. The van der Waals surface area contributed by atoms with E-state index in [2.05, 4.69) is 15.7 Å². The fraction of sp³-hybridized carbons (Fsp3) is 0.292. The van der Waals surface area contributed by atoms with Crippen molar-refractivity contribution < 1.29 is 9.59 Å². The van der Waals surface area contributed by atoms with Gasteiger partial charge in [0.2, 0.25) is 0 Å². The molecule has 0 saturated heterocycles. The zero-order valence-electron chi connectivity index (χ0n) is 18.7. The summed E-state index contributed by atoms with van der Waals surface area (Å²) in [6.07, 6.45) is 0. The molecule has 0 aliphatic rings. The van der Waals surface area contributed by atoms with Crippen molar-refractivity contribution >= 4 is 29.1 Å². The van der Waals surface area contributed by atoms with Crippen LogP contribution < -0.4 is 16.4 Å². The molecule has 3 rings (SSSR count). The second-order valence-electron chi connectivity index (χ2n) is 8.64. The summed E-state index contributed by atoms with van der Waals surface area (Å²) in [7, 11) is 1.73. The van der Waals surface area contributed by atoms with Crippen LogP contribution in [0.15, 0.2) is 48.5 Å². The lowest BCUT2D eigenvalue weighted by molar-refractivity contribution is 0.0950. The van der Waals surface area contributed by atoms with E-state index in [1.54, 1.807) is 36.0 Å². The number of hydrogen-bond acceptors (Lipinski definition) is 4. The molecule has 0 radical (unpaired) electrons. The second kappa shape index (κ2) is 9.54. The van der Waals surface area contributed by atoms with Crippen LogP contribution in [0.25, 0.3) is 0 Å². The fourth-order valence-corrected chi connectivity index (χ4v) is 3.36. The minimum atomic E-state index is -0.301. The molecule has 168 valence electrons. The zero-order chi connectivity index (χ0) is 23.5. The molecule has 0 unspecified atom stereocenters. The molecule has 32 heavy (non-hydrogen) atoms. The Labute approximate surface area is 193 Å². The highest BCUT2D eigenvalue weighted by Crippen LogP contribution is 2.24. The maximum absolute atomic E-state index is 12.7. The van der Waals surface area contributed by atoms with Gasteiger partial charge in [0.15, 0.2) is 0 Å². The van der Waals surface area contributed by atoms with Crippen molar-refractivity contribution in [3.63, 3.8) is 0 Å². The van der Waals surface area contributed by atoms with E-state index < -0.39 is 0 Å². The second-order valence-corrected chi connectivity index (χ2v) is 9.05. The van der Waals surface area contributed by atoms with Gasteiger partial charge in [-0.3, -0.25) is 14.3 Å². The third-order valence-electron chi connectivity index (χ3n) is 5.06. The number of anilines is 1. The molecule has 7 nitrogen and oxygen atoms in total. The van der Waals surface area contributed by atoms with Crippen molar-refractivity contribution in [2.45, 2.75) is 39.3 Å². The summed E-state index contributed by atoms with van der Waals surface area (Å²) in [4.78, 5) is 25.3. The highest BCUT2D eigenvalue weighted by atomic mass is 35.5. The quantitative estimate of drug-likeness (QED) is 0.524. The summed E-state index contributed by atoms with van der Waals surface area (Å²) >= 11 is 6.33. The molecule has 2 amide bonds. The molecule has 3 aromatic rings. The van der Waals surface area contributed by atoms with Crippen LogP contribution in [0.1, 0.15) is 58.4 Å². The van der Waals surface area contributed by atoms with Gasteiger partial charge in [-0.2, -0.15) is 5.10 Å². The van der Waals surface area contributed by atoms with E-state index in [0.717, 1.165) is 16.8 Å². The number of carbonyl (C=O) groups is 2. The van der Waals surface area contributed by atoms with E-state index in [1.807, 2.05) is 45.0 Å². The smallest absolute Gasteiger partial charge is 0.273 e. The predicted molar refractivity (Wildman–Crippen MR) is 127 cm³/mol. The Balaban J connectivity index is 1.66. The van der Waals surface area contributed by atoms with Crippen LogP contribution in [0, 0.1) is 0 Å². The van der Waals surface area contributed by atoms with Crippen LogP contribution in [-0.2, 0) is 25.6 Å². The summed E-state index contributed by atoms with van der Waals surface area (Å²) in [5.74, 6) is -0.595. The van der Waals surface area contributed by atoms with Gasteiger partial charge in [-0.15, -0.1) is 0 Å². The van der Waals surface area contributed by atoms with E-state index in [1.165, 1.54) is 0 Å². The van der Waals surface area contributed by atoms with Gasteiger partial charge in [-0.1, -0.05) is 56.6 Å². The maximum Gasteiger partial charge on any atom is 0.273 e. The van der Waals surface area contributed by atoms with Gasteiger partial charge in [0, 0.05) is 31.2 Å². The number of rotatable bonds is 6. The first kappa shape index (κ1) is 23.5. The summed E-state index contributed by atoms with van der Waals surface area (Å²) in [6.45, 7) is 6.96. The lowest BCUT2D eigenvalue weighted by atomic mass is 9.92. The fourth-order valence-electron chi connectivity index (χ4n) is 3.09. The summed E-state index contributed by atoms with van der Waals surface area (Å²) < 4.78 is 1.55. The molecule has 0 saturated carbocycles. The molecule has 0 aliphatic heterocycles. The Morgan fingerprint density at radius 3 is 2.25 bits per heavy atom. The number of hydrogen-bond donors (Lipinski definition) is 3. The van der Waals surface area contributed by atoms with Crippen molar-refractivity contribution in [1.29, 1.82) is 0 Å². The molecule has 0 aliphatic carbocycles. The normalized spacial score (nSPS) is 11.3. The lowest BCUT2D eigenvalue weighted by Gasteiger charge is -2.13. The minimum absolute atomic E-state index is 0.166. The van der Waals surface area contributed by atoms with Crippen molar-refractivity contribution in [3.8, 4) is 0 Å². The number of benzene rings is 2. The Hall–Kier alpha value is -3.16. The van der Waals surface area contributed by atoms with E-state index in [4.69, 9.17) is 17.3 Å². The number of halogens is 1. The van der Waals surface area contributed by atoms with Gasteiger partial charge in [-0.25, -0.2) is 0 Å². The largest absolute Gasteiger partial charge is 0.348 e. The first-order chi connectivity index (χ1) is 15.1. The van der Waals surface area contributed by atoms with Crippen LogP contribution in [-0.4, -0.2) is 21.6 Å². The first-order valence-corrected chi connectivity index (χ1v) is 10.7. The van der Waals surface area contributed by atoms with E-state index in [-0.39, 0.29) is 22.3 Å². The summed E-state index contributed by atoms with van der Waals surface area (Å²) in [5.41, 5.74) is 9.51. The number of aryl methyl sites for hydroxylation is 1. The van der Waals surface area contributed by atoms with E-state index >= 15 is 0 Å². The monoisotopic (exact) mass is 453 g/mol. The number of nitrogens with zero attached hydrogens (tertiary/aromatic N) is 2. The SMILES string of the molecule is Cn1nc(C(C)(C)C)cc1C(=O)Nc1ccc(C(=O)NCc2ccc(CN)cc2)c(Cl)c1. The highest BCUT2D eigenvalue weighted by Gasteiger charge is 2.22. The summed E-state index contributed by atoms with van der Waals surface area (Å²) in [6, 6.07) is 14.3. The molecule has 8 heteroatoms. The molecule has 1 aromatic heterocycles. The van der Waals surface area contributed by atoms with Crippen molar-refractivity contribution in [1.82, 2.24) is 15.1 Å². The lowest BCUT2D eigenvalue weighted by Crippen LogP contribution is -2.23. The standard InChI is InChI=1S/C24H28ClN5O2/c1-24(2,3)21-12-20(30(4)29-21)23(32)28-17-9-10-18(19(25)11-17)22(31)27-14-16-7-5-15(13-26)6-8-16/h5-12H,13-14,26H2,1-4H3,(H,27,31)(H,28,32). The topological polar surface area (TPSA) is 102 Å². The number of aromatic nitrogens is 2. The predicted octanol–water partition coefficient (Wildman–Crippen LogP) is 4.01. The third kappa shape index (κ3) is 5.55. The van der Waals surface area contributed by atoms with Gasteiger partial charge in [0.25, 0.3) is 11.8 Å². The van der Waals surface area contributed by atoms with E-state index in [9.17, 15) is 9.59 Å². The Bertz CT molecular complexity index is 1130. The molecule has 0 spiro atoms. The van der Waals surface area contributed by atoms with Gasteiger partial charge in [0.1, 0.15) is 5.69 Å². The molecule has 0 atom stereocenters. The number of nitrogens with one attached hydrogen (secondary N) is 2. The Morgan fingerprint density at radius 2 is 1.69 bits per heavy atom. The molecular formula is C24H28ClN5O2. The van der Waals surface area contributed by atoms with Gasteiger partial charge < -0.3 is 16.4 Å². The van der Waals surface area contributed by atoms with E-state index in [0.29, 0.717) is 30.0 Å². The highest BCUT2D eigenvalue weighted by molar-refractivity contribution is 6.34. The van der Waals surface area contributed by atoms with Crippen molar-refractivity contribution in [2.75, 3.05) is 5.32 Å². The van der Waals surface area contributed by atoms with Crippen molar-refractivity contribution in [3.05, 3.63) is 81.6 Å².